The Morgan fingerprint density at radius 1 is 1.12 bits per heavy atom. The van der Waals surface area contributed by atoms with Gasteiger partial charge in [0.15, 0.2) is 0 Å². The zero-order valence-electron chi connectivity index (χ0n) is 13.7. The highest BCUT2D eigenvalue weighted by atomic mass is 19.3. The van der Waals surface area contributed by atoms with E-state index in [-0.39, 0.29) is 11.4 Å². The Morgan fingerprint density at radius 3 is 2.52 bits per heavy atom. The number of amides is 1. The number of carbonyl (C=O) groups is 1. The quantitative estimate of drug-likeness (QED) is 0.789. The fourth-order valence-electron chi connectivity index (χ4n) is 2.49. The lowest BCUT2D eigenvalue weighted by Crippen LogP contribution is -2.34. The maximum Gasteiger partial charge on any atom is 0.366 e. The molecule has 2 heterocycles. The van der Waals surface area contributed by atoms with Crippen LogP contribution in [0.25, 0.3) is 11.3 Å². The number of halogens is 2. The number of nitrogens with one attached hydrogen (secondary N) is 1. The molecule has 0 spiro atoms. The molecule has 5 nitrogen and oxygen atoms in total. The minimum absolute atomic E-state index is 0.199. The van der Waals surface area contributed by atoms with E-state index in [0.29, 0.717) is 5.69 Å². The molecule has 7 heteroatoms. The number of anilines is 1. The lowest BCUT2D eigenvalue weighted by Gasteiger charge is -2.18. The Hall–Kier alpha value is -3.09. The van der Waals surface area contributed by atoms with Crippen LogP contribution in [0.5, 0.6) is 0 Å². The van der Waals surface area contributed by atoms with E-state index in [1.54, 1.807) is 25.2 Å². The van der Waals surface area contributed by atoms with Gasteiger partial charge in [-0.15, -0.1) is 0 Å². The lowest BCUT2D eigenvalue weighted by atomic mass is 10.1. The Bertz CT molecular complexity index is 906. The summed E-state index contributed by atoms with van der Waals surface area (Å²) in [7, 11) is 1.62. The summed E-state index contributed by atoms with van der Waals surface area (Å²) in [5, 5.41) is 2.29. The summed E-state index contributed by atoms with van der Waals surface area (Å²) in [6.07, 6.45) is 2.70. The third-order valence-electron chi connectivity index (χ3n) is 3.81. The smallest absolute Gasteiger partial charge is 0.320 e. The molecule has 25 heavy (non-hydrogen) atoms. The van der Waals surface area contributed by atoms with Crippen molar-refractivity contribution in [2.45, 2.75) is 12.8 Å². The van der Waals surface area contributed by atoms with Gasteiger partial charge in [0.25, 0.3) is 0 Å². The number of hydrogen-bond donors (Lipinski definition) is 1. The van der Waals surface area contributed by atoms with Crippen LogP contribution >= 0.6 is 0 Å². The minimum Gasteiger partial charge on any atom is -0.320 e. The monoisotopic (exact) mass is 342 g/mol. The molecule has 3 aromatic rings. The number of alkyl halides is 2. The van der Waals surface area contributed by atoms with Crippen LogP contribution in [0.4, 0.5) is 14.6 Å². The van der Waals surface area contributed by atoms with E-state index in [1.165, 1.54) is 30.1 Å². The van der Waals surface area contributed by atoms with Crippen molar-refractivity contribution in [1.82, 2.24) is 14.5 Å². The van der Waals surface area contributed by atoms with E-state index < -0.39 is 17.5 Å². The third-order valence-corrected chi connectivity index (χ3v) is 3.81. The average Bonchev–Trinajstić information content (AvgIpc) is 2.96. The molecule has 0 aliphatic carbocycles. The van der Waals surface area contributed by atoms with Crippen LogP contribution in [0.1, 0.15) is 11.3 Å². The number of aryl methyl sites for hydroxylation is 2. The zero-order valence-corrected chi connectivity index (χ0v) is 13.7. The number of imidazole rings is 1. The first kappa shape index (κ1) is 16.8. The maximum atomic E-state index is 14.6. The van der Waals surface area contributed by atoms with Crippen molar-refractivity contribution < 1.29 is 13.6 Å². The van der Waals surface area contributed by atoms with Crippen LogP contribution in [0.3, 0.4) is 0 Å². The number of nitrogens with zero attached hydrogens (tertiary/aromatic N) is 3. The third kappa shape index (κ3) is 3.13. The molecule has 0 aliphatic heterocycles. The first-order valence-corrected chi connectivity index (χ1v) is 7.59. The van der Waals surface area contributed by atoms with Gasteiger partial charge in [-0.1, -0.05) is 36.4 Å². The fraction of sp³-hybridized carbons (Fsp3) is 0.167. The molecule has 0 saturated heterocycles. The van der Waals surface area contributed by atoms with Crippen LogP contribution in [-0.2, 0) is 17.8 Å². The first-order chi connectivity index (χ1) is 11.9. The summed E-state index contributed by atoms with van der Waals surface area (Å²) in [6.45, 7) is 1.49. The molecule has 0 saturated carbocycles. The van der Waals surface area contributed by atoms with Gasteiger partial charge in [0, 0.05) is 18.8 Å². The highest BCUT2D eigenvalue weighted by Crippen LogP contribution is 2.32. The van der Waals surface area contributed by atoms with Crippen LogP contribution in [0.2, 0.25) is 0 Å². The molecule has 0 bridgehead atoms. The molecule has 1 N–H and O–H groups in total. The molecule has 0 unspecified atom stereocenters. The second-order valence-electron chi connectivity index (χ2n) is 5.62. The summed E-state index contributed by atoms with van der Waals surface area (Å²) in [6, 6.07) is 12.1. The van der Waals surface area contributed by atoms with Crippen molar-refractivity contribution in [2.24, 2.45) is 7.05 Å². The van der Waals surface area contributed by atoms with Gasteiger partial charge < -0.3 is 9.88 Å². The second-order valence-corrected chi connectivity index (χ2v) is 5.62. The van der Waals surface area contributed by atoms with Gasteiger partial charge in [0.2, 0.25) is 0 Å². The van der Waals surface area contributed by atoms with E-state index in [2.05, 4.69) is 15.3 Å². The lowest BCUT2D eigenvalue weighted by molar-refractivity contribution is -0.141. The summed E-state index contributed by atoms with van der Waals surface area (Å²) < 4.78 is 30.6. The largest absolute Gasteiger partial charge is 0.366 e. The minimum atomic E-state index is -3.76. The molecule has 1 aromatic carbocycles. The zero-order chi connectivity index (χ0) is 18.0. The molecular formula is C18H16F2N4O. The van der Waals surface area contributed by atoms with Gasteiger partial charge in [-0.25, -0.2) is 4.98 Å². The van der Waals surface area contributed by atoms with Gasteiger partial charge in [-0.3, -0.25) is 9.78 Å². The molecule has 1 amide bonds. The van der Waals surface area contributed by atoms with Gasteiger partial charge in [0.1, 0.15) is 17.2 Å². The number of carbonyl (C=O) groups excluding carboxylic acids is 1. The van der Waals surface area contributed by atoms with E-state index >= 15 is 0 Å². The fourth-order valence-corrected chi connectivity index (χ4v) is 2.49. The van der Waals surface area contributed by atoms with E-state index in [4.69, 9.17) is 0 Å². The predicted octanol–water partition coefficient (Wildman–Crippen LogP) is 3.52. The normalized spacial score (nSPS) is 11.4. The number of pyridine rings is 1. The molecule has 0 atom stereocenters. The van der Waals surface area contributed by atoms with Crippen molar-refractivity contribution >= 4 is 11.7 Å². The van der Waals surface area contributed by atoms with E-state index in [9.17, 15) is 13.6 Å². The SMILES string of the molecule is Cc1cccnc1C(F)(F)C(=O)Nc1c(-c2ccccc2)ncn1C. The Balaban J connectivity index is 1.94. The van der Waals surface area contributed by atoms with Crippen LogP contribution in [-0.4, -0.2) is 20.4 Å². The van der Waals surface area contributed by atoms with E-state index in [0.717, 1.165) is 5.56 Å². The molecule has 2 aromatic heterocycles. The standard InChI is InChI=1S/C18H16F2N4O/c1-12-7-6-10-21-15(12)18(19,20)17(25)23-16-14(22-11-24(16)2)13-8-4-3-5-9-13/h3-11H,1-2H3,(H,23,25). The number of hydrogen-bond acceptors (Lipinski definition) is 3. The van der Waals surface area contributed by atoms with Crippen molar-refractivity contribution in [3.63, 3.8) is 0 Å². The summed E-state index contributed by atoms with van der Waals surface area (Å²) in [4.78, 5) is 20.1. The number of rotatable bonds is 4. The summed E-state index contributed by atoms with van der Waals surface area (Å²) in [5.41, 5.74) is 0.826. The Morgan fingerprint density at radius 2 is 1.84 bits per heavy atom. The van der Waals surface area contributed by atoms with E-state index in [1.807, 2.05) is 18.2 Å². The predicted molar refractivity (Wildman–Crippen MR) is 90.1 cm³/mol. The number of benzene rings is 1. The first-order valence-electron chi connectivity index (χ1n) is 7.59. The highest BCUT2D eigenvalue weighted by molar-refractivity contribution is 5.98. The van der Waals surface area contributed by atoms with Crippen molar-refractivity contribution in [1.29, 1.82) is 0 Å². The molecule has 128 valence electrons. The molecule has 3 rings (SSSR count). The average molecular weight is 342 g/mol. The van der Waals surface area contributed by atoms with Crippen molar-refractivity contribution in [3.05, 3.63) is 66.2 Å². The summed E-state index contributed by atoms with van der Waals surface area (Å²) in [5.74, 6) is -5.01. The second kappa shape index (κ2) is 6.43. The van der Waals surface area contributed by atoms with Crippen LogP contribution < -0.4 is 5.32 Å². The van der Waals surface area contributed by atoms with Gasteiger partial charge in [-0.05, 0) is 18.6 Å². The topological polar surface area (TPSA) is 59.8 Å². The van der Waals surface area contributed by atoms with Crippen LogP contribution in [0, 0.1) is 6.92 Å². The summed E-state index contributed by atoms with van der Waals surface area (Å²) >= 11 is 0. The van der Waals surface area contributed by atoms with Crippen LogP contribution in [0.15, 0.2) is 55.0 Å². The molecular weight excluding hydrogens is 326 g/mol. The number of aromatic nitrogens is 3. The van der Waals surface area contributed by atoms with Gasteiger partial charge in [0.05, 0.1) is 6.33 Å². The maximum absolute atomic E-state index is 14.6. The molecule has 0 aliphatic rings. The Kier molecular flexibility index (Phi) is 4.31. The Labute approximate surface area is 143 Å². The van der Waals surface area contributed by atoms with Crippen molar-refractivity contribution in [3.8, 4) is 11.3 Å². The van der Waals surface area contributed by atoms with Gasteiger partial charge >= 0.3 is 11.8 Å². The van der Waals surface area contributed by atoms with Crippen molar-refractivity contribution in [2.75, 3.05) is 5.32 Å². The highest BCUT2D eigenvalue weighted by Gasteiger charge is 2.44. The molecule has 0 radical (unpaired) electrons. The molecule has 0 fully saturated rings. The van der Waals surface area contributed by atoms with Gasteiger partial charge in [-0.2, -0.15) is 8.78 Å².